The van der Waals surface area contributed by atoms with Crippen LogP contribution in [0.3, 0.4) is 0 Å². The van der Waals surface area contributed by atoms with Crippen LogP contribution < -0.4 is 4.90 Å². The molecule has 3 rings (SSSR count). The molecule has 1 aliphatic heterocycles. The Morgan fingerprint density at radius 3 is 2.86 bits per heavy atom. The number of rotatable bonds is 2. The first-order chi connectivity index (χ1) is 9.95. The van der Waals surface area contributed by atoms with Crippen LogP contribution in [-0.4, -0.2) is 34.1 Å². The summed E-state index contributed by atoms with van der Waals surface area (Å²) in [5.41, 5.74) is 1.16. The molecule has 5 nitrogen and oxygen atoms in total. The van der Waals surface area contributed by atoms with Crippen molar-refractivity contribution in [1.82, 2.24) is 9.97 Å². The Bertz CT molecular complexity index is 698. The van der Waals surface area contributed by atoms with Crippen LogP contribution >= 0.6 is 11.3 Å². The lowest BCUT2D eigenvalue weighted by atomic mass is 9.90. The van der Waals surface area contributed by atoms with Crippen LogP contribution in [0.2, 0.25) is 0 Å². The van der Waals surface area contributed by atoms with E-state index in [1.807, 2.05) is 6.92 Å². The molecule has 1 fully saturated rings. The van der Waals surface area contributed by atoms with Gasteiger partial charge in [-0.2, -0.15) is 0 Å². The van der Waals surface area contributed by atoms with E-state index in [0.29, 0.717) is 12.5 Å². The van der Waals surface area contributed by atoms with Crippen LogP contribution in [0.5, 0.6) is 0 Å². The third-order valence-corrected chi connectivity index (χ3v) is 5.01. The van der Waals surface area contributed by atoms with Crippen molar-refractivity contribution in [1.29, 1.82) is 0 Å². The van der Waals surface area contributed by atoms with Gasteiger partial charge in [0.15, 0.2) is 0 Å². The number of carboxylic acid groups (broad SMARTS) is 1. The number of carboxylic acids is 1. The van der Waals surface area contributed by atoms with Gasteiger partial charge in [0.05, 0.1) is 11.3 Å². The van der Waals surface area contributed by atoms with E-state index < -0.39 is 5.97 Å². The van der Waals surface area contributed by atoms with Gasteiger partial charge in [0.25, 0.3) is 0 Å². The van der Waals surface area contributed by atoms with E-state index >= 15 is 0 Å². The molecule has 2 aromatic heterocycles. The first kappa shape index (κ1) is 14.3. The molecule has 3 heterocycles. The first-order valence-corrected chi connectivity index (χ1v) is 8.04. The molecule has 1 saturated heterocycles. The molecule has 6 heteroatoms. The number of thiophene rings is 1. The van der Waals surface area contributed by atoms with E-state index in [4.69, 9.17) is 0 Å². The number of aryl methyl sites for hydroxylation is 2. The minimum Gasteiger partial charge on any atom is -0.481 e. The zero-order valence-electron chi connectivity index (χ0n) is 12.5. The summed E-state index contributed by atoms with van der Waals surface area (Å²) < 4.78 is 0. The molecule has 2 unspecified atom stereocenters. The number of anilines is 1. The van der Waals surface area contributed by atoms with E-state index in [0.717, 1.165) is 40.4 Å². The highest BCUT2D eigenvalue weighted by Gasteiger charge is 2.31. The van der Waals surface area contributed by atoms with Crippen molar-refractivity contribution < 1.29 is 9.90 Å². The average molecular weight is 305 g/mol. The fraction of sp³-hybridized carbons (Fsp3) is 0.533. The lowest BCUT2D eigenvalue weighted by Crippen LogP contribution is -2.43. The summed E-state index contributed by atoms with van der Waals surface area (Å²) in [6.45, 7) is 7.43. The molecule has 0 saturated carbocycles. The minimum atomic E-state index is -0.712. The predicted molar refractivity (Wildman–Crippen MR) is 84.0 cm³/mol. The highest BCUT2D eigenvalue weighted by molar-refractivity contribution is 7.17. The number of hydrogen-bond acceptors (Lipinski definition) is 5. The van der Waals surface area contributed by atoms with Crippen LogP contribution in [0, 0.1) is 25.7 Å². The third-order valence-electron chi connectivity index (χ3n) is 4.02. The lowest BCUT2D eigenvalue weighted by Gasteiger charge is -2.36. The average Bonchev–Trinajstić information content (AvgIpc) is 2.78. The van der Waals surface area contributed by atoms with Gasteiger partial charge in [-0.05, 0) is 37.1 Å². The second kappa shape index (κ2) is 5.26. The molecule has 2 atom stereocenters. The predicted octanol–water partition coefficient (Wildman–Crippen LogP) is 2.86. The van der Waals surface area contributed by atoms with Crippen molar-refractivity contribution in [2.24, 2.45) is 11.8 Å². The topological polar surface area (TPSA) is 66.3 Å². The third kappa shape index (κ3) is 2.60. The summed E-state index contributed by atoms with van der Waals surface area (Å²) in [5.74, 6) is 0.955. The first-order valence-electron chi connectivity index (χ1n) is 7.16. The molecule has 112 valence electrons. The lowest BCUT2D eigenvalue weighted by molar-refractivity contribution is -0.142. The van der Waals surface area contributed by atoms with E-state index in [1.165, 1.54) is 0 Å². The van der Waals surface area contributed by atoms with Gasteiger partial charge in [-0.25, -0.2) is 9.97 Å². The van der Waals surface area contributed by atoms with Crippen LogP contribution in [0.15, 0.2) is 5.38 Å². The normalized spacial score (nSPS) is 22.7. The molecule has 1 N–H and O–H groups in total. The zero-order chi connectivity index (χ0) is 15.1. The van der Waals surface area contributed by atoms with Gasteiger partial charge in [-0.3, -0.25) is 4.79 Å². The summed E-state index contributed by atoms with van der Waals surface area (Å²) in [6, 6.07) is 0. The quantitative estimate of drug-likeness (QED) is 0.924. The Kier molecular flexibility index (Phi) is 3.57. The maximum absolute atomic E-state index is 11.4. The van der Waals surface area contributed by atoms with Crippen molar-refractivity contribution in [2.45, 2.75) is 27.2 Å². The van der Waals surface area contributed by atoms with Crippen molar-refractivity contribution in [3.63, 3.8) is 0 Å². The van der Waals surface area contributed by atoms with E-state index in [9.17, 15) is 9.90 Å². The SMILES string of the molecule is Cc1nc(N2CC(C)CC(C(=O)O)C2)c2c(C)csc2n1. The summed E-state index contributed by atoms with van der Waals surface area (Å²) in [7, 11) is 0. The zero-order valence-corrected chi connectivity index (χ0v) is 13.3. The van der Waals surface area contributed by atoms with Gasteiger partial charge in [0.1, 0.15) is 16.5 Å². The number of fused-ring (bicyclic) bond motifs is 1. The fourth-order valence-corrected chi connectivity index (χ4v) is 4.06. The molecule has 0 aromatic carbocycles. The molecule has 21 heavy (non-hydrogen) atoms. The summed E-state index contributed by atoms with van der Waals surface area (Å²) >= 11 is 1.62. The Labute approximate surface area is 127 Å². The molecule has 2 aromatic rings. The van der Waals surface area contributed by atoms with Crippen LogP contribution in [0.4, 0.5) is 5.82 Å². The van der Waals surface area contributed by atoms with Gasteiger partial charge >= 0.3 is 5.97 Å². The molecule has 1 aliphatic rings. The van der Waals surface area contributed by atoms with Crippen molar-refractivity contribution >= 4 is 33.3 Å². The van der Waals surface area contributed by atoms with E-state index in [1.54, 1.807) is 11.3 Å². The maximum atomic E-state index is 11.4. The molecule has 0 spiro atoms. The van der Waals surface area contributed by atoms with Crippen LogP contribution in [-0.2, 0) is 4.79 Å². The Balaban J connectivity index is 2.06. The summed E-state index contributed by atoms with van der Waals surface area (Å²) in [6.07, 6.45) is 0.738. The molecule has 0 radical (unpaired) electrons. The molecule has 0 aliphatic carbocycles. The Hall–Kier alpha value is -1.69. The molecule has 0 bridgehead atoms. The number of piperidine rings is 1. The molecular weight excluding hydrogens is 286 g/mol. The van der Waals surface area contributed by atoms with Gasteiger partial charge < -0.3 is 10.0 Å². The van der Waals surface area contributed by atoms with Gasteiger partial charge in [-0.1, -0.05) is 6.92 Å². The number of nitrogens with zero attached hydrogens (tertiary/aromatic N) is 3. The van der Waals surface area contributed by atoms with Gasteiger partial charge in [-0.15, -0.1) is 11.3 Å². The summed E-state index contributed by atoms with van der Waals surface area (Å²) in [5, 5.41) is 12.5. The largest absolute Gasteiger partial charge is 0.481 e. The van der Waals surface area contributed by atoms with E-state index in [-0.39, 0.29) is 5.92 Å². The minimum absolute atomic E-state index is 0.321. The number of aliphatic carboxylic acids is 1. The van der Waals surface area contributed by atoms with Crippen molar-refractivity contribution in [3.8, 4) is 0 Å². The Morgan fingerprint density at radius 2 is 2.14 bits per heavy atom. The van der Waals surface area contributed by atoms with Crippen molar-refractivity contribution in [2.75, 3.05) is 18.0 Å². The smallest absolute Gasteiger partial charge is 0.308 e. The second-order valence-corrected chi connectivity index (χ2v) is 6.83. The number of hydrogen-bond donors (Lipinski definition) is 1. The molecular formula is C15H19N3O2S. The maximum Gasteiger partial charge on any atom is 0.308 e. The monoisotopic (exact) mass is 305 g/mol. The second-order valence-electron chi connectivity index (χ2n) is 5.97. The van der Waals surface area contributed by atoms with Crippen LogP contribution in [0.25, 0.3) is 10.2 Å². The number of carbonyl (C=O) groups is 1. The standard InChI is InChI=1S/C15H19N3O2S/c1-8-4-11(15(19)20)6-18(5-8)13-12-9(2)7-21-14(12)17-10(3)16-13/h7-8,11H,4-6H2,1-3H3,(H,19,20). The van der Waals surface area contributed by atoms with E-state index in [2.05, 4.69) is 34.1 Å². The van der Waals surface area contributed by atoms with Crippen LogP contribution in [0.1, 0.15) is 24.7 Å². The fourth-order valence-electron chi connectivity index (χ4n) is 3.10. The molecule has 0 amide bonds. The van der Waals surface area contributed by atoms with Gasteiger partial charge in [0, 0.05) is 13.1 Å². The summed E-state index contributed by atoms with van der Waals surface area (Å²) in [4.78, 5) is 23.6. The van der Waals surface area contributed by atoms with Crippen molar-refractivity contribution in [3.05, 3.63) is 16.8 Å². The Morgan fingerprint density at radius 1 is 1.38 bits per heavy atom. The number of aromatic nitrogens is 2. The van der Waals surface area contributed by atoms with Gasteiger partial charge in [0.2, 0.25) is 0 Å². The highest BCUT2D eigenvalue weighted by atomic mass is 32.1. The highest BCUT2D eigenvalue weighted by Crippen LogP contribution is 2.34.